The van der Waals surface area contributed by atoms with Crippen LogP contribution in [0.1, 0.15) is 41.1 Å². The zero-order chi connectivity index (χ0) is 18.6. The fourth-order valence-electron chi connectivity index (χ4n) is 3.64. The Bertz CT molecular complexity index is 1090. The average Bonchev–Trinajstić information content (AvgIpc) is 3.41. The minimum Gasteiger partial charge on any atom is -0.496 e. The van der Waals surface area contributed by atoms with Gasteiger partial charge in [0.05, 0.1) is 24.0 Å². The number of pyridine rings is 1. The molecule has 0 unspecified atom stereocenters. The number of halogens is 1. The summed E-state index contributed by atoms with van der Waals surface area (Å²) in [5.41, 5.74) is 9.81. The number of aryl methyl sites for hydroxylation is 1. The van der Waals surface area contributed by atoms with Gasteiger partial charge in [-0.05, 0) is 38.3 Å². The van der Waals surface area contributed by atoms with Crippen LogP contribution < -0.4 is 10.5 Å². The van der Waals surface area contributed by atoms with Crippen LogP contribution in [-0.4, -0.2) is 16.7 Å². The molecule has 0 bridgehead atoms. The molecule has 1 aromatic carbocycles. The topological polar surface area (TPSA) is 76.9 Å². The van der Waals surface area contributed by atoms with Gasteiger partial charge in [-0.1, -0.05) is 6.07 Å². The van der Waals surface area contributed by atoms with Crippen molar-refractivity contribution in [3.63, 3.8) is 0 Å². The van der Waals surface area contributed by atoms with Crippen LogP contribution in [0.2, 0.25) is 0 Å². The number of aromatic nitrogens is 2. The number of methoxy groups -OCH3 is 1. The Morgan fingerprint density at radius 1 is 1.35 bits per heavy atom. The van der Waals surface area contributed by atoms with Gasteiger partial charge >= 0.3 is 0 Å². The lowest BCUT2D eigenvalue weighted by Gasteiger charge is -2.17. The van der Waals surface area contributed by atoms with E-state index in [-0.39, 0.29) is 23.1 Å². The Morgan fingerprint density at radius 2 is 2.08 bits per heavy atom. The number of nitrogens with zero attached hydrogens (tertiary/aromatic N) is 3. The highest BCUT2D eigenvalue weighted by atomic mass is 19.1. The van der Waals surface area contributed by atoms with Gasteiger partial charge in [-0.25, -0.2) is 4.39 Å². The molecule has 132 valence electrons. The Balaban J connectivity index is 2.16. The summed E-state index contributed by atoms with van der Waals surface area (Å²) >= 11 is 0. The molecular weight excluding hydrogens is 331 g/mol. The van der Waals surface area contributed by atoms with E-state index in [1.165, 1.54) is 0 Å². The first-order chi connectivity index (χ1) is 12.5. The number of ether oxygens (including phenoxy) is 1. The summed E-state index contributed by atoms with van der Waals surface area (Å²) in [5, 5.41) is 10.0. The third-order valence-corrected chi connectivity index (χ3v) is 5.11. The van der Waals surface area contributed by atoms with E-state index >= 15 is 4.39 Å². The van der Waals surface area contributed by atoms with Crippen LogP contribution in [0.3, 0.4) is 0 Å². The summed E-state index contributed by atoms with van der Waals surface area (Å²) in [5.74, 6) is 0.666. The molecule has 0 spiro atoms. The van der Waals surface area contributed by atoms with Gasteiger partial charge in [-0.3, -0.25) is 9.55 Å². The van der Waals surface area contributed by atoms with Gasteiger partial charge in [0.1, 0.15) is 23.2 Å². The molecule has 3 aromatic rings. The van der Waals surface area contributed by atoms with E-state index in [1.807, 2.05) is 26.0 Å². The first-order valence-corrected chi connectivity index (χ1v) is 8.52. The lowest BCUT2D eigenvalue weighted by Crippen LogP contribution is -2.07. The minimum atomic E-state index is -0.389. The molecule has 0 aliphatic heterocycles. The number of hydrogen-bond acceptors (Lipinski definition) is 4. The molecule has 2 heterocycles. The quantitative estimate of drug-likeness (QED) is 0.771. The highest BCUT2D eigenvalue weighted by Crippen LogP contribution is 2.44. The van der Waals surface area contributed by atoms with Crippen LogP contribution in [-0.2, 0) is 0 Å². The van der Waals surface area contributed by atoms with E-state index in [2.05, 4.69) is 11.1 Å². The molecule has 0 radical (unpaired) electrons. The predicted molar refractivity (Wildman–Crippen MR) is 98.2 cm³/mol. The van der Waals surface area contributed by atoms with Gasteiger partial charge in [0.15, 0.2) is 5.82 Å². The normalized spacial score (nSPS) is 13.8. The Morgan fingerprint density at radius 3 is 2.69 bits per heavy atom. The van der Waals surface area contributed by atoms with Crippen LogP contribution in [0.5, 0.6) is 5.75 Å². The maximum absolute atomic E-state index is 15.4. The third-order valence-electron chi connectivity index (χ3n) is 5.11. The summed E-state index contributed by atoms with van der Waals surface area (Å²) < 4.78 is 22.5. The number of benzene rings is 1. The van der Waals surface area contributed by atoms with Crippen LogP contribution in [0.25, 0.3) is 16.6 Å². The number of nitrogens with two attached hydrogens (primary N) is 1. The molecule has 0 amide bonds. The van der Waals surface area contributed by atoms with Crippen LogP contribution in [0.4, 0.5) is 10.2 Å². The van der Waals surface area contributed by atoms with Crippen molar-refractivity contribution in [1.29, 1.82) is 5.26 Å². The van der Waals surface area contributed by atoms with Gasteiger partial charge in [-0.15, -0.1) is 0 Å². The zero-order valence-corrected chi connectivity index (χ0v) is 14.9. The summed E-state index contributed by atoms with van der Waals surface area (Å²) in [7, 11) is 1.59. The van der Waals surface area contributed by atoms with E-state index in [9.17, 15) is 5.26 Å². The molecule has 26 heavy (non-hydrogen) atoms. The number of hydrogen-bond donors (Lipinski definition) is 1. The van der Waals surface area contributed by atoms with Crippen molar-refractivity contribution in [2.24, 2.45) is 0 Å². The van der Waals surface area contributed by atoms with Gasteiger partial charge in [-0.2, -0.15) is 5.26 Å². The molecule has 1 fully saturated rings. The number of anilines is 1. The number of fused-ring (bicyclic) bond motifs is 1. The van der Waals surface area contributed by atoms with Crippen molar-refractivity contribution < 1.29 is 9.13 Å². The maximum Gasteiger partial charge on any atom is 0.169 e. The first kappa shape index (κ1) is 16.4. The van der Waals surface area contributed by atoms with Crippen molar-refractivity contribution in [2.75, 3.05) is 12.8 Å². The Labute approximate surface area is 150 Å². The molecule has 5 nitrogen and oxygen atoms in total. The van der Waals surface area contributed by atoms with E-state index in [0.29, 0.717) is 22.3 Å². The number of nitrogen functional groups attached to an aromatic ring is 1. The van der Waals surface area contributed by atoms with Crippen molar-refractivity contribution in [1.82, 2.24) is 9.55 Å². The van der Waals surface area contributed by atoms with Gasteiger partial charge < -0.3 is 10.5 Å². The molecule has 2 aromatic heterocycles. The molecular formula is C20H19FN4O. The molecule has 1 aliphatic rings. The molecule has 1 aliphatic carbocycles. The van der Waals surface area contributed by atoms with Crippen molar-refractivity contribution in [3.8, 4) is 17.5 Å². The summed E-state index contributed by atoms with van der Waals surface area (Å²) in [6, 6.07) is 5.88. The average molecular weight is 350 g/mol. The molecule has 0 atom stereocenters. The standard InChI is InChI=1S/C20H19FN4O/c1-10-4-7-15(26-3)11(2)18(10)25-19-14(13(8-22)20(25)23)9-24-17(16(19)21)12-5-6-12/h4,7,9,12H,5-6,23H2,1-3H3. The van der Waals surface area contributed by atoms with Crippen molar-refractivity contribution in [2.45, 2.75) is 32.6 Å². The number of nitriles is 1. The third kappa shape index (κ3) is 2.17. The predicted octanol–water partition coefficient (Wildman–Crippen LogP) is 4.12. The van der Waals surface area contributed by atoms with Gasteiger partial charge in [0, 0.05) is 23.1 Å². The van der Waals surface area contributed by atoms with Gasteiger partial charge in [0.2, 0.25) is 0 Å². The smallest absolute Gasteiger partial charge is 0.169 e. The molecule has 1 saturated carbocycles. The monoisotopic (exact) mass is 350 g/mol. The zero-order valence-electron chi connectivity index (χ0n) is 14.9. The lowest BCUT2D eigenvalue weighted by molar-refractivity contribution is 0.411. The van der Waals surface area contributed by atoms with Crippen molar-refractivity contribution >= 4 is 16.7 Å². The lowest BCUT2D eigenvalue weighted by atomic mass is 10.1. The van der Waals surface area contributed by atoms with E-state index in [4.69, 9.17) is 10.5 Å². The second kappa shape index (κ2) is 5.73. The molecule has 6 heteroatoms. The largest absolute Gasteiger partial charge is 0.496 e. The summed E-state index contributed by atoms with van der Waals surface area (Å²) in [4.78, 5) is 4.28. The molecule has 2 N–H and O–H groups in total. The summed E-state index contributed by atoms with van der Waals surface area (Å²) in [6.45, 7) is 3.83. The highest BCUT2D eigenvalue weighted by molar-refractivity contribution is 5.94. The Kier molecular flexibility index (Phi) is 3.62. The minimum absolute atomic E-state index is 0.155. The fraction of sp³-hybridized carbons (Fsp3) is 0.300. The maximum atomic E-state index is 15.4. The first-order valence-electron chi connectivity index (χ1n) is 8.52. The number of rotatable bonds is 3. The van der Waals surface area contributed by atoms with E-state index in [1.54, 1.807) is 17.9 Å². The van der Waals surface area contributed by atoms with Crippen LogP contribution in [0.15, 0.2) is 18.3 Å². The molecule has 4 rings (SSSR count). The van der Waals surface area contributed by atoms with E-state index in [0.717, 1.165) is 29.7 Å². The van der Waals surface area contributed by atoms with Crippen molar-refractivity contribution in [3.05, 3.63) is 46.5 Å². The SMILES string of the molecule is COc1ccc(C)c(-n2c(N)c(C#N)c3cnc(C4CC4)c(F)c32)c1C. The molecule has 0 saturated heterocycles. The second-order valence-electron chi connectivity index (χ2n) is 6.76. The second-order valence-corrected chi connectivity index (χ2v) is 6.76. The van der Waals surface area contributed by atoms with Gasteiger partial charge in [0.25, 0.3) is 0 Å². The summed E-state index contributed by atoms with van der Waals surface area (Å²) in [6.07, 6.45) is 3.45. The van der Waals surface area contributed by atoms with E-state index < -0.39 is 0 Å². The highest BCUT2D eigenvalue weighted by Gasteiger charge is 2.32. The fourth-order valence-corrected chi connectivity index (χ4v) is 3.64. The van der Waals surface area contributed by atoms with Crippen LogP contribution in [0, 0.1) is 31.0 Å². The van der Waals surface area contributed by atoms with Crippen LogP contribution >= 0.6 is 0 Å². The Hall–Kier alpha value is -3.07.